The number of hydrogen-bond donors (Lipinski definition) is 1. The zero-order valence-corrected chi connectivity index (χ0v) is 13.3. The van der Waals surface area contributed by atoms with E-state index in [4.69, 9.17) is 0 Å². The zero-order valence-electron chi connectivity index (χ0n) is 12.5. The van der Waals surface area contributed by atoms with Crippen molar-refractivity contribution in [3.63, 3.8) is 0 Å². The van der Waals surface area contributed by atoms with Crippen LogP contribution in [0.25, 0.3) is 0 Å². The minimum atomic E-state index is 0.0201. The van der Waals surface area contributed by atoms with Crippen molar-refractivity contribution < 1.29 is 4.79 Å². The van der Waals surface area contributed by atoms with Gasteiger partial charge in [0.1, 0.15) is 5.01 Å². The zero-order chi connectivity index (χ0) is 15.1. The Bertz CT molecular complexity index is 568. The molecule has 1 heterocycles. The lowest BCUT2D eigenvalue weighted by molar-refractivity contribution is -0.119. The summed E-state index contributed by atoms with van der Waals surface area (Å²) in [6.07, 6.45) is 3.69. The van der Waals surface area contributed by atoms with Gasteiger partial charge in [-0.05, 0) is 18.4 Å². The lowest BCUT2D eigenvalue weighted by atomic mass is 10.1. The molecule has 1 N–H and O–H groups in total. The van der Waals surface area contributed by atoms with E-state index in [0.717, 1.165) is 30.7 Å². The molecule has 0 saturated heterocycles. The lowest BCUT2D eigenvalue weighted by Crippen LogP contribution is -2.20. The maximum absolute atomic E-state index is 11.9. The second-order valence-electron chi connectivity index (χ2n) is 5.17. The van der Waals surface area contributed by atoms with Gasteiger partial charge in [-0.15, -0.1) is 10.2 Å². The van der Waals surface area contributed by atoms with Gasteiger partial charge in [0.05, 0.1) is 0 Å². The summed E-state index contributed by atoms with van der Waals surface area (Å²) in [5.41, 5.74) is 1.29. The van der Waals surface area contributed by atoms with E-state index in [0.29, 0.717) is 5.13 Å². The number of aromatic nitrogens is 2. The molecule has 1 aromatic heterocycles. The van der Waals surface area contributed by atoms with Gasteiger partial charge in [-0.2, -0.15) is 0 Å². The molecule has 2 rings (SSSR count). The van der Waals surface area contributed by atoms with Crippen LogP contribution in [0, 0.1) is 5.92 Å². The first-order chi connectivity index (χ1) is 10.2. The van der Waals surface area contributed by atoms with Gasteiger partial charge in [0.2, 0.25) is 11.0 Å². The molecule has 1 amide bonds. The molecule has 0 unspecified atom stereocenters. The smallest absolute Gasteiger partial charge is 0.229 e. The number of rotatable bonds is 7. The fraction of sp³-hybridized carbons (Fsp3) is 0.438. The molecule has 0 aliphatic carbocycles. The quantitative estimate of drug-likeness (QED) is 0.848. The summed E-state index contributed by atoms with van der Waals surface area (Å²) in [5, 5.41) is 12.6. The van der Waals surface area contributed by atoms with Crippen LogP contribution in [-0.4, -0.2) is 16.1 Å². The third kappa shape index (κ3) is 4.93. The summed E-state index contributed by atoms with van der Waals surface area (Å²) in [6.45, 7) is 4.02. The molecule has 0 aliphatic rings. The molecule has 0 bridgehead atoms. The van der Waals surface area contributed by atoms with E-state index >= 15 is 0 Å². The number of nitrogens with one attached hydrogen (secondary N) is 1. The first kappa shape index (κ1) is 15.6. The average molecular weight is 303 g/mol. The van der Waals surface area contributed by atoms with Crippen molar-refractivity contribution in [3.05, 3.63) is 40.9 Å². The normalized spacial score (nSPS) is 12.1. The lowest BCUT2D eigenvalue weighted by Gasteiger charge is -2.07. The maximum Gasteiger partial charge on any atom is 0.229 e. The summed E-state index contributed by atoms with van der Waals surface area (Å²) < 4.78 is 0. The summed E-state index contributed by atoms with van der Waals surface area (Å²) in [6, 6.07) is 10.3. The minimum absolute atomic E-state index is 0.0201. The topological polar surface area (TPSA) is 54.9 Å². The molecule has 2 aromatic rings. The second-order valence-corrected chi connectivity index (χ2v) is 6.23. The predicted molar refractivity (Wildman–Crippen MR) is 86.5 cm³/mol. The number of benzene rings is 1. The van der Waals surface area contributed by atoms with Crippen molar-refractivity contribution in [1.82, 2.24) is 10.2 Å². The molecule has 0 spiro atoms. The van der Waals surface area contributed by atoms with E-state index in [-0.39, 0.29) is 11.8 Å². The van der Waals surface area contributed by atoms with E-state index in [2.05, 4.69) is 34.6 Å². The van der Waals surface area contributed by atoms with Gasteiger partial charge >= 0.3 is 0 Å². The van der Waals surface area contributed by atoms with Crippen LogP contribution in [0.15, 0.2) is 30.3 Å². The van der Waals surface area contributed by atoms with Crippen LogP contribution in [-0.2, 0) is 17.6 Å². The Morgan fingerprint density at radius 3 is 2.71 bits per heavy atom. The molecule has 0 saturated carbocycles. The van der Waals surface area contributed by atoms with E-state index in [1.807, 2.05) is 25.1 Å². The number of aryl methyl sites for hydroxylation is 2. The van der Waals surface area contributed by atoms with Gasteiger partial charge in [-0.3, -0.25) is 4.79 Å². The Hall–Kier alpha value is -1.75. The molecule has 0 fully saturated rings. The van der Waals surface area contributed by atoms with Crippen LogP contribution in [0.5, 0.6) is 0 Å². The van der Waals surface area contributed by atoms with E-state index in [1.54, 1.807) is 0 Å². The highest BCUT2D eigenvalue weighted by Crippen LogP contribution is 2.18. The van der Waals surface area contributed by atoms with Crippen molar-refractivity contribution in [1.29, 1.82) is 0 Å². The Morgan fingerprint density at radius 2 is 2.00 bits per heavy atom. The fourth-order valence-corrected chi connectivity index (χ4v) is 2.84. The molecule has 1 aromatic carbocycles. The van der Waals surface area contributed by atoms with Crippen LogP contribution in [0.1, 0.15) is 37.3 Å². The number of amides is 1. The third-order valence-corrected chi connectivity index (χ3v) is 4.24. The van der Waals surface area contributed by atoms with E-state index in [9.17, 15) is 4.79 Å². The van der Waals surface area contributed by atoms with Crippen molar-refractivity contribution in [2.24, 2.45) is 5.92 Å². The summed E-state index contributed by atoms with van der Waals surface area (Å²) >= 11 is 1.46. The van der Waals surface area contributed by atoms with Gasteiger partial charge in [0.15, 0.2) is 0 Å². The Labute approximate surface area is 129 Å². The van der Waals surface area contributed by atoms with Crippen LogP contribution in [0.4, 0.5) is 5.13 Å². The number of anilines is 1. The van der Waals surface area contributed by atoms with Crippen LogP contribution in [0.3, 0.4) is 0 Å². The van der Waals surface area contributed by atoms with Crippen molar-refractivity contribution in [3.8, 4) is 0 Å². The molecule has 4 nitrogen and oxygen atoms in total. The van der Waals surface area contributed by atoms with Crippen molar-refractivity contribution in [2.75, 3.05) is 5.32 Å². The molecule has 0 radical (unpaired) electrons. The first-order valence-electron chi connectivity index (χ1n) is 7.36. The number of carbonyl (C=O) groups excluding carboxylic acids is 1. The van der Waals surface area contributed by atoms with Gasteiger partial charge in [-0.25, -0.2) is 0 Å². The Balaban J connectivity index is 1.85. The summed E-state index contributed by atoms with van der Waals surface area (Å²) in [5.74, 6) is 0.0503. The van der Waals surface area contributed by atoms with E-state index in [1.165, 1.54) is 16.9 Å². The SMILES string of the molecule is CCC[C@H](C)C(=O)Nc1nnc(CCc2ccccc2)s1. The monoisotopic (exact) mass is 303 g/mol. The molecule has 0 aliphatic heterocycles. The highest BCUT2D eigenvalue weighted by atomic mass is 32.1. The van der Waals surface area contributed by atoms with Crippen LogP contribution < -0.4 is 5.32 Å². The van der Waals surface area contributed by atoms with Gasteiger partial charge in [-0.1, -0.05) is 61.9 Å². The van der Waals surface area contributed by atoms with Crippen LogP contribution in [0.2, 0.25) is 0 Å². The molecular formula is C16H21N3OS. The largest absolute Gasteiger partial charge is 0.300 e. The van der Waals surface area contributed by atoms with E-state index < -0.39 is 0 Å². The molecular weight excluding hydrogens is 282 g/mol. The number of carbonyl (C=O) groups is 1. The standard InChI is InChI=1S/C16H21N3OS/c1-3-7-12(2)15(20)17-16-19-18-14(21-16)11-10-13-8-5-4-6-9-13/h4-6,8-9,12H,3,7,10-11H2,1-2H3,(H,17,19,20)/t12-/m0/s1. The Kier molecular flexibility index (Phi) is 5.87. The van der Waals surface area contributed by atoms with Crippen LogP contribution >= 0.6 is 11.3 Å². The molecule has 112 valence electrons. The van der Waals surface area contributed by atoms with Gasteiger partial charge < -0.3 is 5.32 Å². The highest BCUT2D eigenvalue weighted by Gasteiger charge is 2.14. The third-order valence-electron chi connectivity index (χ3n) is 3.34. The molecule has 21 heavy (non-hydrogen) atoms. The maximum atomic E-state index is 11.9. The van der Waals surface area contributed by atoms with Crippen molar-refractivity contribution >= 4 is 22.4 Å². The summed E-state index contributed by atoms with van der Waals surface area (Å²) in [4.78, 5) is 11.9. The summed E-state index contributed by atoms with van der Waals surface area (Å²) in [7, 11) is 0. The molecule has 5 heteroatoms. The first-order valence-corrected chi connectivity index (χ1v) is 8.18. The van der Waals surface area contributed by atoms with Crippen molar-refractivity contribution in [2.45, 2.75) is 39.5 Å². The Morgan fingerprint density at radius 1 is 1.24 bits per heavy atom. The van der Waals surface area contributed by atoms with Gasteiger partial charge in [0.25, 0.3) is 0 Å². The fourth-order valence-electron chi connectivity index (χ4n) is 2.09. The second kappa shape index (κ2) is 7.88. The average Bonchev–Trinajstić information content (AvgIpc) is 2.94. The van der Waals surface area contributed by atoms with Gasteiger partial charge in [0, 0.05) is 12.3 Å². The highest BCUT2D eigenvalue weighted by molar-refractivity contribution is 7.15. The number of hydrogen-bond acceptors (Lipinski definition) is 4. The minimum Gasteiger partial charge on any atom is -0.300 e. The number of nitrogens with zero attached hydrogens (tertiary/aromatic N) is 2. The molecule has 1 atom stereocenters. The predicted octanol–water partition coefficient (Wildman–Crippen LogP) is 3.70.